The number of sulfonamides is 1. The Kier molecular flexibility index (Phi) is 6.25. The van der Waals surface area contributed by atoms with Crippen molar-refractivity contribution in [2.45, 2.75) is 24.3 Å². The third-order valence-corrected chi connectivity index (χ3v) is 6.70. The minimum absolute atomic E-state index is 0.00669. The second-order valence-electron chi connectivity index (χ2n) is 6.66. The fourth-order valence-corrected chi connectivity index (χ4v) is 4.58. The lowest BCUT2D eigenvalue weighted by Gasteiger charge is -2.30. The van der Waals surface area contributed by atoms with Crippen LogP contribution in [0.1, 0.15) is 24.0 Å². The second-order valence-corrected chi connectivity index (χ2v) is 8.60. The highest BCUT2D eigenvalue weighted by Crippen LogP contribution is 2.25. The van der Waals surface area contributed by atoms with Crippen LogP contribution in [0, 0.1) is 28.9 Å². The van der Waals surface area contributed by atoms with Crippen LogP contribution in [0.2, 0.25) is 0 Å². The van der Waals surface area contributed by atoms with E-state index in [0.717, 1.165) is 18.2 Å². The number of hydrogen-bond acceptors (Lipinski definition) is 5. The van der Waals surface area contributed by atoms with Gasteiger partial charge in [0.2, 0.25) is 10.0 Å². The standard InChI is InChI=1S/C20H18F2N2O4S/c21-17-2-4-18(5-3-17)29(26,27)24-9-7-15(8-10-24)20(25)28-13-16-11-14(12-23)1-6-19(16)22/h1-6,11,15H,7-10,13H2. The predicted octanol–water partition coefficient (Wildman–Crippen LogP) is 2.98. The highest BCUT2D eigenvalue weighted by atomic mass is 32.2. The molecule has 1 heterocycles. The lowest BCUT2D eigenvalue weighted by Crippen LogP contribution is -2.40. The molecule has 0 atom stereocenters. The first-order valence-corrected chi connectivity index (χ1v) is 10.4. The van der Waals surface area contributed by atoms with Gasteiger partial charge in [-0.05, 0) is 55.3 Å². The van der Waals surface area contributed by atoms with Gasteiger partial charge in [0.25, 0.3) is 0 Å². The topological polar surface area (TPSA) is 87.5 Å². The Balaban J connectivity index is 1.57. The van der Waals surface area contributed by atoms with Crippen molar-refractivity contribution < 1.29 is 26.7 Å². The summed E-state index contributed by atoms with van der Waals surface area (Å²) in [5.41, 5.74) is 0.366. The SMILES string of the molecule is N#Cc1ccc(F)c(COC(=O)C2CCN(S(=O)(=O)c3ccc(F)cc3)CC2)c1. The summed E-state index contributed by atoms with van der Waals surface area (Å²) in [4.78, 5) is 12.3. The molecule has 6 nitrogen and oxygen atoms in total. The molecule has 2 aromatic carbocycles. The first kappa shape index (κ1) is 20.9. The second kappa shape index (κ2) is 8.68. The molecule has 0 bridgehead atoms. The van der Waals surface area contributed by atoms with Crippen molar-refractivity contribution in [3.8, 4) is 6.07 Å². The number of rotatable bonds is 5. The molecule has 0 unspecified atom stereocenters. The van der Waals surface area contributed by atoms with Crippen LogP contribution in [0.15, 0.2) is 47.4 Å². The van der Waals surface area contributed by atoms with E-state index >= 15 is 0 Å². The molecule has 0 aliphatic carbocycles. The highest BCUT2D eigenvalue weighted by molar-refractivity contribution is 7.89. The molecule has 1 fully saturated rings. The first-order chi connectivity index (χ1) is 13.8. The average molecular weight is 420 g/mol. The Labute approximate surface area is 167 Å². The van der Waals surface area contributed by atoms with Gasteiger partial charge in [-0.3, -0.25) is 4.79 Å². The van der Waals surface area contributed by atoms with E-state index in [2.05, 4.69) is 0 Å². The Morgan fingerprint density at radius 3 is 2.41 bits per heavy atom. The maximum absolute atomic E-state index is 13.8. The van der Waals surface area contributed by atoms with Gasteiger partial charge < -0.3 is 4.74 Å². The molecule has 0 saturated carbocycles. The zero-order chi connectivity index (χ0) is 21.0. The molecule has 2 aromatic rings. The predicted molar refractivity (Wildman–Crippen MR) is 98.8 cm³/mol. The van der Waals surface area contributed by atoms with Crippen molar-refractivity contribution in [2.75, 3.05) is 13.1 Å². The number of nitriles is 1. The van der Waals surface area contributed by atoms with Gasteiger partial charge in [-0.1, -0.05) is 0 Å². The van der Waals surface area contributed by atoms with Crippen molar-refractivity contribution in [3.63, 3.8) is 0 Å². The molecule has 152 valence electrons. The van der Waals surface area contributed by atoms with Crippen LogP contribution in [0.5, 0.6) is 0 Å². The van der Waals surface area contributed by atoms with Crippen molar-refractivity contribution in [1.29, 1.82) is 5.26 Å². The van der Waals surface area contributed by atoms with Crippen LogP contribution in [0.4, 0.5) is 8.78 Å². The minimum Gasteiger partial charge on any atom is -0.460 e. The van der Waals surface area contributed by atoms with E-state index in [9.17, 15) is 22.0 Å². The molecule has 9 heteroatoms. The molecular formula is C20H18F2N2O4S. The maximum atomic E-state index is 13.8. The van der Waals surface area contributed by atoms with E-state index in [1.807, 2.05) is 6.07 Å². The van der Waals surface area contributed by atoms with E-state index in [-0.39, 0.29) is 48.6 Å². The molecule has 3 rings (SSSR count). The number of esters is 1. The third kappa shape index (κ3) is 4.78. The van der Waals surface area contributed by atoms with Crippen LogP contribution in [-0.2, 0) is 26.2 Å². The number of benzene rings is 2. The van der Waals surface area contributed by atoms with Crippen molar-refractivity contribution >= 4 is 16.0 Å². The quantitative estimate of drug-likeness (QED) is 0.694. The smallest absolute Gasteiger partial charge is 0.309 e. The van der Waals surface area contributed by atoms with Crippen LogP contribution < -0.4 is 0 Å². The summed E-state index contributed by atoms with van der Waals surface area (Å²) in [6.45, 7) is -0.0518. The molecule has 1 saturated heterocycles. The Morgan fingerprint density at radius 1 is 1.14 bits per heavy atom. The van der Waals surface area contributed by atoms with E-state index in [0.29, 0.717) is 0 Å². The Hall–Kier alpha value is -2.83. The molecule has 0 aromatic heterocycles. The summed E-state index contributed by atoms with van der Waals surface area (Å²) in [6.07, 6.45) is 0.528. The highest BCUT2D eigenvalue weighted by Gasteiger charge is 2.32. The number of nitrogens with zero attached hydrogens (tertiary/aromatic N) is 2. The summed E-state index contributed by atoms with van der Waals surface area (Å²) in [5, 5.41) is 8.87. The van der Waals surface area contributed by atoms with Crippen molar-refractivity contribution in [1.82, 2.24) is 4.31 Å². The van der Waals surface area contributed by atoms with E-state index in [1.165, 1.54) is 28.6 Å². The number of ether oxygens (including phenoxy) is 1. The van der Waals surface area contributed by atoms with Gasteiger partial charge in [0, 0.05) is 18.7 Å². The zero-order valence-corrected chi connectivity index (χ0v) is 16.2. The fraction of sp³-hybridized carbons (Fsp3) is 0.300. The van der Waals surface area contributed by atoms with Gasteiger partial charge in [-0.25, -0.2) is 17.2 Å². The third-order valence-electron chi connectivity index (χ3n) is 4.78. The van der Waals surface area contributed by atoms with Gasteiger partial charge >= 0.3 is 5.97 Å². The lowest BCUT2D eigenvalue weighted by molar-refractivity contribution is -0.151. The summed E-state index contributed by atoms with van der Waals surface area (Å²) >= 11 is 0. The fourth-order valence-electron chi connectivity index (χ4n) is 3.11. The van der Waals surface area contributed by atoms with Gasteiger partial charge in [0.1, 0.15) is 18.2 Å². The van der Waals surface area contributed by atoms with Crippen LogP contribution in [0.3, 0.4) is 0 Å². The maximum Gasteiger partial charge on any atom is 0.309 e. The molecule has 0 N–H and O–H groups in total. The molecule has 0 radical (unpaired) electrons. The Bertz CT molecular complexity index is 1040. The van der Waals surface area contributed by atoms with Gasteiger partial charge in [-0.2, -0.15) is 9.57 Å². The number of halogens is 2. The Morgan fingerprint density at radius 2 is 1.79 bits per heavy atom. The zero-order valence-electron chi connectivity index (χ0n) is 15.3. The minimum atomic E-state index is -3.76. The molecular weight excluding hydrogens is 402 g/mol. The van der Waals surface area contributed by atoms with Gasteiger partial charge in [0.15, 0.2) is 0 Å². The number of hydrogen-bond donors (Lipinski definition) is 0. The van der Waals surface area contributed by atoms with Crippen LogP contribution in [0.25, 0.3) is 0 Å². The van der Waals surface area contributed by atoms with Gasteiger partial charge in [-0.15, -0.1) is 0 Å². The molecule has 1 aliphatic heterocycles. The monoisotopic (exact) mass is 420 g/mol. The molecule has 29 heavy (non-hydrogen) atoms. The normalized spacial score (nSPS) is 15.6. The number of piperidine rings is 1. The van der Waals surface area contributed by atoms with Crippen molar-refractivity contribution in [3.05, 3.63) is 65.2 Å². The van der Waals surface area contributed by atoms with Crippen LogP contribution >= 0.6 is 0 Å². The summed E-state index contributed by atoms with van der Waals surface area (Å²) in [5.74, 6) is -2.14. The largest absolute Gasteiger partial charge is 0.460 e. The number of carbonyl (C=O) groups is 1. The molecule has 0 spiro atoms. The summed E-state index contributed by atoms with van der Waals surface area (Å²) in [6, 6.07) is 10.2. The average Bonchev–Trinajstić information content (AvgIpc) is 2.73. The molecule has 1 aliphatic rings. The van der Waals surface area contributed by atoms with E-state index < -0.39 is 33.5 Å². The van der Waals surface area contributed by atoms with Crippen molar-refractivity contribution in [2.24, 2.45) is 5.92 Å². The molecule has 0 amide bonds. The van der Waals surface area contributed by atoms with E-state index in [4.69, 9.17) is 10.00 Å². The lowest BCUT2D eigenvalue weighted by atomic mass is 9.98. The van der Waals surface area contributed by atoms with E-state index in [1.54, 1.807) is 0 Å². The van der Waals surface area contributed by atoms with Crippen LogP contribution in [-0.4, -0.2) is 31.8 Å². The first-order valence-electron chi connectivity index (χ1n) is 8.92. The number of carbonyl (C=O) groups excluding carboxylic acids is 1. The summed E-state index contributed by atoms with van der Waals surface area (Å²) < 4.78 is 58.4. The van der Waals surface area contributed by atoms with Gasteiger partial charge in [0.05, 0.1) is 22.4 Å². The summed E-state index contributed by atoms with van der Waals surface area (Å²) in [7, 11) is -3.76.